The van der Waals surface area contributed by atoms with Gasteiger partial charge in [-0.1, -0.05) is 0 Å². The molecule has 0 aliphatic carbocycles. The highest BCUT2D eigenvalue weighted by Gasteiger charge is 2.33. The van der Waals surface area contributed by atoms with Crippen LogP contribution in [-0.4, -0.2) is 55.9 Å². The smallest absolute Gasteiger partial charge is 0.327 e. The Labute approximate surface area is 110 Å². The van der Waals surface area contributed by atoms with Crippen molar-refractivity contribution in [2.75, 3.05) is 18.1 Å². The third-order valence-corrected chi connectivity index (χ3v) is 3.75. The molecule has 1 unspecified atom stereocenters. The van der Waals surface area contributed by atoms with E-state index in [2.05, 4.69) is 4.98 Å². The molecule has 1 amide bonds. The zero-order chi connectivity index (χ0) is 14.0. The van der Waals surface area contributed by atoms with Gasteiger partial charge in [0.1, 0.15) is 11.6 Å². The normalized spacial score (nSPS) is 19.2. The van der Waals surface area contributed by atoms with Gasteiger partial charge in [-0.2, -0.15) is 11.8 Å². The van der Waals surface area contributed by atoms with Crippen LogP contribution in [0.4, 0.5) is 0 Å². The van der Waals surface area contributed by atoms with E-state index < -0.39 is 29.2 Å². The molecule has 0 spiro atoms. The van der Waals surface area contributed by atoms with Crippen molar-refractivity contribution in [3.05, 3.63) is 32.6 Å². The van der Waals surface area contributed by atoms with E-state index in [0.29, 0.717) is 5.75 Å². The number of nitrogens with one attached hydrogen (secondary N) is 2. The molecule has 1 aliphatic rings. The number of hydrogen-bond donors (Lipinski definition) is 3. The molecule has 0 radical (unpaired) electrons. The maximum atomic E-state index is 12.2. The summed E-state index contributed by atoms with van der Waals surface area (Å²) in [5.74, 6) is -0.911. The molecule has 0 bridgehead atoms. The van der Waals surface area contributed by atoms with Crippen LogP contribution in [-0.2, 0) is 4.79 Å². The van der Waals surface area contributed by atoms with Gasteiger partial charge in [0.15, 0.2) is 0 Å². The van der Waals surface area contributed by atoms with Gasteiger partial charge in [-0.25, -0.2) is 9.59 Å². The molecule has 9 heteroatoms. The van der Waals surface area contributed by atoms with Crippen LogP contribution in [0.2, 0.25) is 0 Å². The molecule has 1 aromatic rings. The number of carbonyl (C=O) groups is 2. The summed E-state index contributed by atoms with van der Waals surface area (Å²) in [6.07, 6.45) is 1.00. The van der Waals surface area contributed by atoms with E-state index in [1.54, 1.807) is 0 Å². The Balaban J connectivity index is 2.34. The van der Waals surface area contributed by atoms with Crippen LogP contribution in [0.15, 0.2) is 15.8 Å². The number of aromatic nitrogens is 2. The second-order valence-corrected chi connectivity index (χ2v) is 5.06. The van der Waals surface area contributed by atoms with Gasteiger partial charge in [0.05, 0.1) is 0 Å². The Kier molecular flexibility index (Phi) is 3.74. The molecule has 8 nitrogen and oxygen atoms in total. The van der Waals surface area contributed by atoms with Crippen LogP contribution in [0.1, 0.15) is 10.4 Å². The lowest BCUT2D eigenvalue weighted by atomic mass is 10.2. The summed E-state index contributed by atoms with van der Waals surface area (Å²) in [7, 11) is 0. The van der Waals surface area contributed by atoms with Crippen molar-refractivity contribution in [3.8, 4) is 0 Å². The van der Waals surface area contributed by atoms with E-state index in [-0.39, 0.29) is 17.9 Å². The molecule has 102 valence electrons. The van der Waals surface area contributed by atoms with E-state index in [0.717, 1.165) is 11.1 Å². The van der Waals surface area contributed by atoms with Crippen molar-refractivity contribution >= 4 is 23.6 Å². The number of hydrogen-bond acceptors (Lipinski definition) is 5. The Morgan fingerprint density at radius 2 is 2.16 bits per heavy atom. The topological polar surface area (TPSA) is 123 Å². The third-order valence-electron chi connectivity index (χ3n) is 2.72. The number of nitrogens with zero attached hydrogens (tertiary/aromatic N) is 1. The van der Waals surface area contributed by atoms with Gasteiger partial charge < -0.3 is 15.0 Å². The fraction of sp³-hybridized carbons (Fsp3) is 0.400. The predicted octanol–water partition coefficient (Wildman–Crippen LogP) is -1.29. The van der Waals surface area contributed by atoms with Crippen molar-refractivity contribution < 1.29 is 14.7 Å². The van der Waals surface area contributed by atoms with E-state index in [1.165, 1.54) is 11.8 Å². The molecule has 2 rings (SSSR count). The molecule has 0 aromatic carbocycles. The minimum absolute atomic E-state index is 0.249. The predicted molar refractivity (Wildman–Crippen MR) is 67.5 cm³/mol. The quantitative estimate of drug-likeness (QED) is 0.621. The van der Waals surface area contributed by atoms with Crippen molar-refractivity contribution in [1.82, 2.24) is 14.9 Å². The second-order valence-electron chi connectivity index (χ2n) is 3.91. The summed E-state index contributed by atoms with van der Waals surface area (Å²) >= 11 is 1.44. The monoisotopic (exact) mass is 285 g/mol. The molecule has 1 aromatic heterocycles. The Hall–Kier alpha value is -2.03. The SMILES string of the molecule is O=C(O)C1CSCCN1C(=O)c1c[nH]c(=O)[nH]c1=O. The zero-order valence-electron chi connectivity index (χ0n) is 9.71. The fourth-order valence-corrected chi connectivity index (χ4v) is 2.81. The number of carbonyl (C=O) groups excluding carboxylic acids is 1. The fourth-order valence-electron chi connectivity index (χ4n) is 1.77. The highest BCUT2D eigenvalue weighted by Crippen LogP contribution is 2.18. The first-order valence-electron chi connectivity index (χ1n) is 5.44. The minimum atomic E-state index is -1.11. The standard InChI is InChI=1S/C10H11N3O5S/c14-7-5(3-11-10(18)12-7)8(15)13-1-2-19-4-6(13)9(16)17/h3,6H,1-2,4H2,(H,16,17)(H2,11,12,14,18). The van der Waals surface area contributed by atoms with Gasteiger partial charge >= 0.3 is 11.7 Å². The number of carboxylic acid groups (broad SMARTS) is 1. The summed E-state index contributed by atoms with van der Waals surface area (Å²) in [5.41, 5.74) is -1.81. The average molecular weight is 285 g/mol. The maximum absolute atomic E-state index is 12.2. The number of H-pyrrole nitrogens is 2. The van der Waals surface area contributed by atoms with E-state index in [1.807, 2.05) is 4.98 Å². The van der Waals surface area contributed by atoms with Crippen molar-refractivity contribution in [2.24, 2.45) is 0 Å². The molecule has 1 saturated heterocycles. The minimum Gasteiger partial charge on any atom is -0.480 e. The lowest BCUT2D eigenvalue weighted by Gasteiger charge is -2.32. The molecule has 3 N–H and O–H groups in total. The highest BCUT2D eigenvalue weighted by molar-refractivity contribution is 7.99. The molecular formula is C10H11N3O5S. The molecule has 1 atom stereocenters. The summed E-state index contributed by atoms with van der Waals surface area (Å²) < 4.78 is 0. The lowest BCUT2D eigenvalue weighted by molar-refractivity contribution is -0.141. The van der Waals surface area contributed by atoms with E-state index in [9.17, 15) is 19.2 Å². The van der Waals surface area contributed by atoms with Gasteiger partial charge in [0, 0.05) is 24.2 Å². The molecule has 19 heavy (non-hydrogen) atoms. The first-order valence-corrected chi connectivity index (χ1v) is 6.59. The van der Waals surface area contributed by atoms with Gasteiger partial charge in [-0.05, 0) is 0 Å². The van der Waals surface area contributed by atoms with Crippen LogP contribution in [0.5, 0.6) is 0 Å². The number of carboxylic acids is 1. The van der Waals surface area contributed by atoms with Crippen molar-refractivity contribution in [2.45, 2.75) is 6.04 Å². The second kappa shape index (κ2) is 5.31. The molecule has 2 heterocycles. The summed E-state index contributed by atoms with van der Waals surface area (Å²) in [5, 5.41) is 9.07. The maximum Gasteiger partial charge on any atom is 0.327 e. The van der Waals surface area contributed by atoms with Crippen molar-refractivity contribution in [3.63, 3.8) is 0 Å². The number of rotatable bonds is 2. The number of thioether (sulfide) groups is 1. The first kappa shape index (κ1) is 13.4. The molecular weight excluding hydrogens is 274 g/mol. The number of aliphatic carboxylic acids is 1. The lowest BCUT2D eigenvalue weighted by Crippen LogP contribution is -2.51. The summed E-state index contributed by atoms with van der Waals surface area (Å²) in [6, 6.07) is -0.961. The van der Waals surface area contributed by atoms with Crippen LogP contribution < -0.4 is 11.2 Å². The highest BCUT2D eigenvalue weighted by atomic mass is 32.2. The Morgan fingerprint density at radius 1 is 1.42 bits per heavy atom. The van der Waals surface area contributed by atoms with Gasteiger partial charge in [0.2, 0.25) is 0 Å². The van der Waals surface area contributed by atoms with Crippen molar-refractivity contribution in [1.29, 1.82) is 0 Å². The molecule has 1 aliphatic heterocycles. The van der Waals surface area contributed by atoms with Crippen LogP contribution in [0.3, 0.4) is 0 Å². The van der Waals surface area contributed by atoms with Crippen LogP contribution in [0.25, 0.3) is 0 Å². The largest absolute Gasteiger partial charge is 0.480 e. The van der Waals surface area contributed by atoms with E-state index >= 15 is 0 Å². The summed E-state index contributed by atoms with van der Waals surface area (Å²) in [6.45, 7) is 0.249. The average Bonchev–Trinajstić information content (AvgIpc) is 2.38. The third kappa shape index (κ3) is 2.70. The number of amides is 1. The summed E-state index contributed by atoms with van der Waals surface area (Å²) in [4.78, 5) is 50.9. The number of aromatic amines is 2. The Morgan fingerprint density at radius 3 is 2.79 bits per heavy atom. The van der Waals surface area contributed by atoms with Crippen LogP contribution >= 0.6 is 11.8 Å². The first-order chi connectivity index (χ1) is 9.00. The van der Waals surface area contributed by atoms with Crippen LogP contribution in [0, 0.1) is 0 Å². The molecule has 1 fully saturated rings. The van der Waals surface area contributed by atoms with Gasteiger partial charge in [-0.15, -0.1) is 0 Å². The van der Waals surface area contributed by atoms with Gasteiger partial charge in [0.25, 0.3) is 11.5 Å². The van der Waals surface area contributed by atoms with E-state index in [4.69, 9.17) is 5.11 Å². The molecule has 0 saturated carbocycles. The van der Waals surface area contributed by atoms with Gasteiger partial charge in [-0.3, -0.25) is 14.6 Å². The zero-order valence-corrected chi connectivity index (χ0v) is 10.5. The Bertz CT molecular complexity index is 622.